The van der Waals surface area contributed by atoms with Crippen molar-refractivity contribution in [2.45, 2.75) is 0 Å². The molecule has 0 aliphatic carbocycles. The third kappa shape index (κ3) is 2.23. The molecule has 0 heterocycles. The molecule has 0 atom stereocenters. The maximum absolute atomic E-state index is 10.5. The maximum Gasteiger partial charge on any atom is 0.446 e. The van der Waals surface area contributed by atoms with Crippen LogP contribution in [0.1, 0.15) is 0 Å². The first-order chi connectivity index (χ1) is 7.46. The highest BCUT2D eigenvalue weighted by Crippen LogP contribution is 2.25. The Labute approximate surface area is 92.4 Å². The van der Waals surface area contributed by atoms with Crippen molar-refractivity contribution in [1.29, 1.82) is 0 Å². The minimum Gasteiger partial charge on any atom is -0.398 e. The summed E-state index contributed by atoms with van der Waals surface area (Å²) in [6.45, 7) is 0. The van der Waals surface area contributed by atoms with Crippen LogP contribution >= 0.6 is 0 Å². The van der Waals surface area contributed by atoms with Crippen LogP contribution in [0.2, 0.25) is 0 Å². The van der Waals surface area contributed by atoms with E-state index in [-0.39, 0.29) is 5.75 Å². The van der Waals surface area contributed by atoms with Crippen LogP contribution in [-0.2, 0) is 10.4 Å². The first-order valence-corrected chi connectivity index (χ1v) is 5.77. The summed E-state index contributed by atoms with van der Waals surface area (Å²) in [4.78, 5) is 0. The Bertz CT molecular complexity index is 636. The zero-order chi connectivity index (χ0) is 11.8. The lowest BCUT2D eigenvalue weighted by Crippen LogP contribution is -2.06. The summed E-state index contributed by atoms with van der Waals surface area (Å²) >= 11 is 0. The molecule has 0 unspecified atom stereocenters. The van der Waals surface area contributed by atoms with Crippen molar-refractivity contribution in [2.75, 3.05) is 5.73 Å². The number of benzene rings is 2. The molecule has 2 rings (SSSR count). The van der Waals surface area contributed by atoms with Gasteiger partial charge in [-0.15, -0.1) is 0 Å². The van der Waals surface area contributed by atoms with E-state index < -0.39 is 10.4 Å². The van der Waals surface area contributed by atoms with E-state index in [0.29, 0.717) is 11.1 Å². The van der Waals surface area contributed by atoms with Crippen LogP contribution in [0.3, 0.4) is 0 Å². The molecule has 0 aromatic heterocycles. The first-order valence-electron chi connectivity index (χ1n) is 4.41. The van der Waals surface area contributed by atoms with Gasteiger partial charge in [0.05, 0.1) is 0 Å². The molecule has 0 bridgehead atoms. The molecule has 0 radical (unpaired) electrons. The van der Waals surface area contributed by atoms with Gasteiger partial charge in [0.25, 0.3) is 0 Å². The van der Waals surface area contributed by atoms with E-state index in [1.807, 2.05) is 6.07 Å². The third-order valence-electron chi connectivity index (χ3n) is 2.09. The van der Waals surface area contributed by atoms with E-state index in [1.165, 1.54) is 12.1 Å². The van der Waals surface area contributed by atoms with E-state index in [0.717, 1.165) is 5.39 Å². The monoisotopic (exact) mass is 239 g/mol. The second-order valence-corrected chi connectivity index (χ2v) is 4.26. The topological polar surface area (TPSA) is 89.6 Å². The van der Waals surface area contributed by atoms with Crippen molar-refractivity contribution in [3.8, 4) is 5.75 Å². The first kappa shape index (κ1) is 10.7. The van der Waals surface area contributed by atoms with Crippen molar-refractivity contribution in [3.63, 3.8) is 0 Å². The van der Waals surface area contributed by atoms with Crippen LogP contribution < -0.4 is 9.92 Å². The molecule has 0 saturated heterocycles. The minimum absolute atomic E-state index is 0.0212. The zero-order valence-corrected chi connectivity index (χ0v) is 8.94. The highest BCUT2D eigenvalue weighted by atomic mass is 32.3. The standard InChI is InChI=1S/C10H9NO4S/c11-10-3-1-2-7-4-5-8(6-9(7)10)15-16(12,13)14/h1-6H,11H2,(H,12,13,14). The summed E-state index contributed by atoms with van der Waals surface area (Å²) in [5.74, 6) is 0.0212. The summed E-state index contributed by atoms with van der Waals surface area (Å²) < 4.78 is 33.9. The second-order valence-electron chi connectivity index (χ2n) is 3.24. The van der Waals surface area contributed by atoms with Gasteiger partial charge in [-0.3, -0.25) is 4.55 Å². The molecule has 0 amide bonds. The zero-order valence-electron chi connectivity index (χ0n) is 8.12. The molecule has 2 aromatic rings. The van der Waals surface area contributed by atoms with Crippen LogP contribution in [-0.4, -0.2) is 13.0 Å². The van der Waals surface area contributed by atoms with Gasteiger partial charge in [-0.1, -0.05) is 18.2 Å². The van der Waals surface area contributed by atoms with Gasteiger partial charge in [-0.2, -0.15) is 8.42 Å². The second kappa shape index (κ2) is 3.66. The van der Waals surface area contributed by atoms with Crippen LogP contribution in [0.15, 0.2) is 36.4 Å². The van der Waals surface area contributed by atoms with Crippen molar-refractivity contribution in [1.82, 2.24) is 0 Å². The lowest BCUT2D eigenvalue weighted by atomic mass is 10.1. The van der Waals surface area contributed by atoms with Gasteiger partial charge in [0.1, 0.15) is 5.75 Å². The molecular weight excluding hydrogens is 230 g/mol. The van der Waals surface area contributed by atoms with Gasteiger partial charge >= 0.3 is 10.4 Å². The molecule has 0 aliphatic heterocycles. The Morgan fingerprint density at radius 2 is 1.94 bits per heavy atom. The van der Waals surface area contributed by atoms with Crippen molar-refractivity contribution in [2.24, 2.45) is 0 Å². The molecule has 0 fully saturated rings. The van der Waals surface area contributed by atoms with Crippen LogP contribution in [0, 0.1) is 0 Å². The molecule has 0 aliphatic rings. The summed E-state index contributed by atoms with van der Waals surface area (Å²) in [6.07, 6.45) is 0. The number of nitrogens with two attached hydrogens (primary N) is 1. The van der Waals surface area contributed by atoms with Crippen LogP contribution in [0.4, 0.5) is 5.69 Å². The predicted molar refractivity (Wildman–Crippen MR) is 60.5 cm³/mol. The largest absolute Gasteiger partial charge is 0.446 e. The lowest BCUT2D eigenvalue weighted by Gasteiger charge is -2.05. The Morgan fingerprint density at radius 1 is 1.19 bits per heavy atom. The number of rotatable bonds is 2. The molecule has 2 aromatic carbocycles. The average Bonchev–Trinajstić information content (AvgIpc) is 2.17. The molecule has 5 nitrogen and oxygen atoms in total. The van der Waals surface area contributed by atoms with E-state index in [1.54, 1.807) is 18.2 Å². The fourth-order valence-corrected chi connectivity index (χ4v) is 1.80. The predicted octanol–water partition coefficient (Wildman–Crippen LogP) is 1.60. The minimum atomic E-state index is -4.50. The Hall–Kier alpha value is -1.79. The van der Waals surface area contributed by atoms with E-state index in [9.17, 15) is 8.42 Å². The summed E-state index contributed by atoms with van der Waals surface area (Å²) in [5, 5.41) is 1.53. The van der Waals surface area contributed by atoms with Crippen molar-refractivity contribution >= 4 is 26.9 Å². The SMILES string of the molecule is Nc1cccc2ccc(OS(=O)(=O)O)cc12. The average molecular weight is 239 g/mol. The quantitative estimate of drug-likeness (QED) is 0.613. The Balaban J connectivity index is 2.55. The summed E-state index contributed by atoms with van der Waals surface area (Å²) in [7, 11) is -4.50. The van der Waals surface area contributed by atoms with Gasteiger partial charge in [0, 0.05) is 11.1 Å². The Morgan fingerprint density at radius 3 is 2.62 bits per heavy atom. The van der Waals surface area contributed by atoms with Crippen molar-refractivity contribution in [3.05, 3.63) is 36.4 Å². The van der Waals surface area contributed by atoms with Gasteiger partial charge in [-0.05, 0) is 23.6 Å². The van der Waals surface area contributed by atoms with Gasteiger partial charge in [-0.25, -0.2) is 0 Å². The molecular formula is C10H9NO4S. The fraction of sp³-hybridized carbons (Fsp3) is 0. The summed E-state index contributed by atoms with van der Waals surface area (Å²) in [6, 6.07) is 9.88. The number of nitrogen functional groups attached to an aromatic ring is 1. The molecule has 3 N–H and O–H groups in total. The van der Waals surface area contributed by atoms with Gasteiger partial charge in [0.2, 0.25) is 0 Å². The van der Waals surface area contributed by atoms with Gasteiger partial charge < -0.3 is 9.92 Å². The third-order valence-corrected chi connectivity index (χ3v) is 2.49. The highest BCUT2D eigenvalue weighted by Gasteiger charge is 2.07. The molecule has 16 heavy (non-hydrogen) atoms. The van der Waals surface area contributed by atoms with Gasteiger partial charge in [0.15, 0.2) is 0 Å². The molecule has 0 spiro atoms. The number of fused-ring (bicyclic) bond motifs is 1. The lowest BCUT2D eigenvalue weighted by molar-refractivity contribution is 0.387. The van der Waals surface area contributed by atoms with E-state index >= 15 is 0 Å². The van der Waals surface area contributed by atoms with Crippen LogP contribution in [0.5, 0.6) is 5.75 Å². The highest BCUT2D eigenvalue weighted by molar-refractivity contribution is 7.81. The van der Waals surface area contributed by atoms with Crippen molar-refractivity contribution < 1.29 is 17.2 Å². The number of hydrogen-bond donors (Lipinski definition) is 2. The summed E-state index contributed by atoms with van der Waals surface area (Å²) in [5.41, 5.74) is 6.23. The van der Waals surface area contributed by atoms with E-state index in [4.69, 9.17) is 10.3 Å². The Kier molecular flexibility index (Phi) is 2.45. The molecule has 0 saturated carbocycles. The number of hydrogen-bond acceptors (Lipinski definition) is 4. The van der Waals surface area contributed by atoms with Crippen LogP contribution in [0.25, 0.3) is 10.8 Å². The molecule has 84 valence electrons. The fourth-order valence-electron chi connectivity index (χ4n) is 1.45. The number of anilines is 1. The molecule has 6 heteroatoms. The normalized spacial score (nSPS) is 11.6. The maximum atomic E-state index is 10.5. The van der Waals surface area contributed by atoms with E-state index in [2.05, 4.69) is 4.18 Å². The smallest absolute Gasteiger partial charge is 0.398 e.